The number of nitrogens with zero attached hydrogens (tertiary/aromatic N) is 3. The summed E-state index contributed by atoms with van der Waals surface area (Å²) in [5.41, 5.74) is 1.37. The number of hydrogen-bond donors (Lipinski definition) is 1. The number of benzene rings is 1. The highest BCUT2D eigenvalue weighted by molar-refractivity contribution is 5.76. The smallest absolute Gasteiger partial charge is 0.317 e. The van der Waals surface area contributed by atoms with Crippen LogP contribution < -0.4 is 5.32 Å². The Morgan fingerprint density at radius 3 is 2.33 bits per heavy atom. The molecule has 2 aliphatic heterocycles. The van der Waals surface area contributed by atoms with Crippen molar-refractivity contribution in [2.24, 2.45) is 5.92 Å². The van der Waals surface area contributed by atoms with Crippen LogP contribution >= 0.6 is 0 Å². The molecule has 0 bridgehead atoms. The molecule has 0 radical (unpaired) electrons. The molecule has 166 valence electrons. The van der Waals surface area contributed by atoms with E-state index >= 15 is 0 Å². The molecule has 2 amide bonds. The third kappa shape index (κ3) is 6.99. The molecule has 30 heavy (non-hydrogen) atoms. The zero-order valence-corrected chi connectivity index (χ0v) is 18.2. The molecular formula is C23H36N4O3. The van der Waals surface area contributed by atoms with Crippen LogP contribution in [0.25, 0.3) is 0 Å². The van der Waals surface area contributed by atoms with E-state index in [1.54, 1.807) is 0 Å². The van der Waals surface area contributed by atoms with Crippen LogP contribution in [-0.4, -0.2) is 85.7 Å². The van der Waals surface area contributed by atoms with E-state index in [9.17, 15) is 9.59 Å². The molecule has 0 unspecified atom stereocenters. The maximum atomic E-state index is 12.3. The highest BCUT2D eigenvalue weighted by Crippen LogP contribution is 2.18. The number of piperazine rings is 1. The van der Waals surface area contributed by atoms with Crippen molar-refractivity contribution < 1.29 is 14.3 Å². The minimum atomic E-state index is -0.124. The third-order valence-corrected chi connectivity index (χ3v) is 6.04. The van der Waals surface area contributed by atoms with Gasteiger partial charge in [0.15, 0.2) is 0 Å². The number of carbonyl (C=O) groups is 2. The van der Waals surface area contributed by atoms with Gasteiger partial charge in [0.2, 0.25) is 0 Å². The number of nitrogens with one attached hydrogen (secondary N) is 1. The number of piperidine rings is 1. The summed E-state index contributed by atoms with van der Waals surface area (Å²) in [6, 6.07) is 10.6. The van der Waals surface area contributed by atoms with Crippen LogP contribution in [0, 0.1) is 5.92 Å². The average molecular weight is 417 g/mol. The Labute approximate surface area is 180 Å². The van der Waals surface area contributed by atoms with Crippen LogP contribution in [0.2, 0.25) is 0 Å². The molecule has 2 saturated heterocycles. The van der Waals surface area contributed by atoms with Crippen LogP contribution in [0.15, 0.2) is 30.3 Å². The number of hydrogen-bond acceptors (Lipinski definition) is 5. The van der Waals surface area contributed by atoms with E-state index in [0.29, 0.717) is 39.1 Å². The molecule has 2 heterocycles. The van der Waals surface area contributed by atoms with Gasteiger partial charge in [-0.05, 0) is 38.3 Å². The van der Waals surface area contributed by atoms with Gasteiger partial charge < -0.3 is 19.9 Å². The highest BCUT2D eigenvalue weighted by Gasteiger charge is 2.28. The van der Waals surface area contributed by atoms with Crippen molar-refractivity contribution in [2.45, 2.75) is 32.7 Å². The van der Waals surface area contributed by atoms with E-state index in [1.807, 2.05) is 11.8 Å². The Morgan fingerprint density at radius 1 is 1.00 bits per heavy atom. The fraction of sp³-hybridized carbons (Fsp3) is 0.652. The topological polar surface area (TPSA) is 65.1 Å². The van der Waals surface area contributed by atoms with Crippen LogP contribution in [-0.2, 0) is 16.1 Å². The summed E-state index contributed by atoms with van der Waals surface area (Å²) in [6.07, 6.45) is 2.35. The number of amides is 2. The summed E-state index contributed by atoms with van der Waals surface area (Å²) in [7, 11) is 0. The summed E-state index contributed by atoms with van der Waals surface area (Å²) in [4.78, 5) is 31.0. The standard InChI is InChI=1S/C23H36N4O3/c1-2-30-22(28)21-9-13-27(14-10-21)23(29)24-11-6-12-25-15-17-26(18-16-25)19-20-7-4-3-5-8-20/h3-5,7-8,21H,2,6,9-19H2,1H3,(H,24,29). The molecular weight excluding hydrogens is 380 g/mol. The van der Waals surface area contributed by atoms with Crippen molar-refractivity contribution in [3.05, 3.63) is 35.9 Å². The quantitative estimate of drug-likeness (QED) is 0.520. The Hall–Kier alpha value is -2.12. The molecule has 0 spiro atoms. The molecule has 2 aliphatic rings. The molecule has 3 rings (SSSR count). The van der Waals surface area contributed by atoms with Gasteiger partial charge in [-0.25, -0.2) is 4.79 Å². The molecule has 0 aromatic heterocycles. The van der Waals surface area contributed by atoms with Gasteiger partial charge in [-0.15, -0.1) is 0 Å². The largest absolute Gasteiger partial charge is 0.466 e. The van der Waals surface area contributed by atoms with Crippen molar-refractivity contribution >= 4 is 12.0 Å². The van der Waals surface area contributed by atoms with Gasteiger partial charge in [0.05, 0.1) is 12.5 Å². The first-order chi connectivity index (χ1) is 14.7. The predicted octanol–water partition coefficient (Wildman–Crippen LogP) is 2.18. The van der Waals surface area contributed by atoms with Crippen molar-refractivity contribution in [3.8, 4) is 0 Å². The van der Waals surface area contributed by atoms with Crippen LogP contribution in [0.5, 0.6) is 0 Å². The monoisotopic (exact) mass is 416 g/mol. The number of esters is 1. The van der Waals surface area contributed by atoms with Crippen molar-refractivity contribution in [3.63, 3.8) is 0 Å². The third-order valence-electron chi connectivity index (χ3n) is 6.04. The maximum absolute atomic E-state index is 12.3. The Bertz CT molecular complexity index is 654. The molecule has 2 fully saturated rings. The molecule has 0 atom stereocenters. The van der Waals surface area contributed by atoms with Gasteiger partial charge in [0, 0.05) is 52.4 Å². The van der Waals surface area contributed by atoms with Crippen molar-refractivity contribution in [1.29, 1.82) is 0 Å². The van der Waals surface area contributed by atoms with E-state index in [-0.39, 0.29) is 17.9 Å². The zero-order valence-electron chi connectivity index (χ0n) is 18.2. The SMILES string of the molecule is CCOC(=O)C1CCN(C(=O)NCCCN2CCN(Cc3ccccc3)CC2)CC1. The van der Waals surface area contributed by atoms with Gasteiger partial charge >= 0.3 is 12.0 Å². The number of ether oxygens (including phenoxy) is 1. The summed E-state index contributed by atoms with van der Waals surface area (Å²) < 4.78 is 5.08. The lowest BCUT2D eigenvalue weighted by molar-refractivity contribution is -0.149. The van der Waals surface area contributed by atoms with E-state index in [1.165, 1.54) is 5.56 Å². The fourth-order valence-corrected chi connectivity index (χ4v) is 4.20. The molecule has 0 aliphatic carbocycles. The van der Waals surface area contributed by atoms with Gasteiger partial charge in [0.1, 0.15) is 0 Å². The van der Waals surface area contributed by atoms with E-state index in [2.05, 4.69) is 45.4 Å². The number of rotatable bonds is 8. The van der Waals surface area contributed by atoms with Gasteiger partial charge in [-0.3, -0.25) is 9.69 Å². The van der Waals surface area contributed by atoms with Gasteiger partial charge in [-0.1, -0.05) is 30.3 Å². The average Bonchev–Trinajstić information content (AvgIpc) is 2.78. The summed E-state index contributed by atoms with van der Waals surface area (Å²) >= 11 is 0. The lowest BCUT2D eigenvalue weighted by atomic mass is 9.97. The molecule has 7 nitrogen and oxygen atoms in total. The fourth-order valence-electron chi connectivity index (χ4n) is 4.20. The zero-order chi connectivity index (χ0) is 21.2. The number of urea groups is 1. The van der Waals surface area contributed by atoms with E-state index in [0.717, 1.165) is 45.7 Å². The number of carbonyl (C=O) groups excluding carboxylic acids is 2. The second-order valence-electron chi connectivity index (χ2n) is 8.20. The molecule has 1 aromatic carbocycles. The summed E-state index contributed by atoms with van der Waals surface area (Å²) in [5.74, 6) is -0.184. The first kappa shape index (κ1) is 22.6. The van der Waals surface area contributed by atoms with Crippen LogP contribution in [0.3, 0.4) is 0 Å². The summed E-state index contributed by atoms with van der Waals surface area (Å²) in [5, 5.41) is 3.04. The Kier molecular flexibility index (Phi) is 8.96. The first-order valence-corrected chi connectivity index (χ1v) is 11.3. The van der Waals surface area contributed by atoms with Gasteiger partial charge in [0.25, 0.3) is 0 Å². The van der Waals surface area contributed by atoms with Crippen molar-refractivity contribution in [2.75, 3.05) is 59.0 Å². The van der Waals surface area contributed by atoms with E-state index < -0.39 is 0 Å². The predicted molar refractivity (Wildman–Crippen MR) is 117 cm³/mol. The maximum Gasteiger partial charge on any atom is 0.317 e. The minimum Gasteiger partial charge on any atom is -0.466 e. The van der Waals surface area contributed by atoms with Gasteiger partial charge in [-0.2, -0.15) is 0 Å². The molecule has 1 aromatic rings. The Balaban J connectivity index is 1.24. The van der Waals surface area contributed by atoms with Crippen LogP contribution in [0.1, 0.15) is 31.7 Å². The van der Waals surface area contributed by atoms with Crippen LogP contribution in [0.4, 0.5) is 4.79 Å². The first-order valence-electron chi connectivity index (χ1n) is 11.3. The second-order valence-corrected chi connectivity index (χ2v) is 8.20. The lowest BCUT2D eigenvalue weighted by Crippen LogP contribution is -2.47. The van der Waals surface area contributed by atoms with E-state index in [4.69, 9.17) is 4.74 Å². The lowest BCUT2D eigenvalue weighted by Gasteiger charge is -2.35. The minimum absolute atomic E-state index is 0.00927. The second kappa shape index (κ2) is 11.9. The molecule has 0 saturated carbocycles. The Morgan fingerprint density at radius 2 is 1.67 bits per heavy atom. The normalized spacial score (nSPS) is 18.9. The summed E-state index contributed by atoms with van der Waals surface area (Å²) in [6.45, 7) is 10.6. The number of likely N-dealkylation sites (tertiary alicyclic amines) is 1. The molecule has 7 heteroatoms. The van der Waals surface area contributed by atoms with Crippen molar-refractivity contribution in [1.82, 2.24) is 20.0 Å². The molecule has 1 N–H and O–H groups in total. The highest BCUT2D eigenvalue weighted by atomic mass is 16.5.